The fourth-order valence-corrected chi connectivity index (χ4v) is 4.14. The largest absolute Gasteiger partial charge is 0.489 e. The molecule has 1 aliphatic heterocycles. The number of hydrogen-bond donors (Lipinski definition) is 2. The van der Waals surface area contributed by atoms with Crippen LogP contribution in [0.2, 0.25) is 0 Å². The van der Waals surface area contributed by atoms with Gasteiger partial charge in [-0.1, -0.05) is 42.5 Å². The van der Waals surface area contributed by atoms with E-state index in [4.69, 9.17) is 9.47 Å². The maximum absolute atomic E-state index is 13.2. The molecule has 10 nitrogen and oxygen atoms in total. The van der Waals surface area contributed by atoms with Crippen LogP contribution in [0, 0.1) is 0 Å². The van der Waals surface area contributed by atoms with Gasteiger partial charge in [0.05, 0.1) is 24.6 Å². The summed E-state index contributed by atoms with van der Waals surface area (Å²) in [5.41, 5.74) is 3.55. The Morgan fingerprint density at radius 1 is 1.13 bits per heavy atom. The molecule has 5 rings (SSSR count). The second-order valence-electron chi connectivity index (χ2n) is 8.93. The number of nitrogens with one attached hydrogen (secondary N) is 2. The number of benzene rings is 2. The van der Waals surface area contributed by atoms with E-state index in [0.29, 0.717) is 43.3 Å². The van der Waals surface area contributed by atoms with Crippen molar-refractivity contribution < 1.29 is 19.1 Å². The van der Waals surface area contributed by atoms with E-state index in [1.807, 2.05) is 66.7 Å². The van der Waals surface area contributed by atoms with Gasteiger partial charge in [-0.15, -0.1) is 5.10 Å². The Bertz CT molecular complexity index is 1390. The molecule has 2 aromatic carbocycles. The van der Waals surface area contributed by atoms with Crippen LogP contribution in [0.25, 0.3) is 0 Å². The topological polar surface area (TPSA) is 122 Å². The predicted octanol–water partition coefficient (Wildman–Crippen LogP) is 2.70. The van der Waals surface area contributed by atoms with E-state index in [9.17, 15) is 9.59 Å². The molecule has 0 fully saturated rings. The minimum absolute atomic E-state index is 0.00422. The Balaban J connectivity index is 1.18. The molecule has 2 N–H and O–H groups in total. The van der Waals surface area contributed by atoms with Crippen LogP contribution in [0.3, 0.4) is 0 Å². The third-order valence-corrected chi connectivity index (χ3v) is 6.18. The number of hydrogen-bond acceptors (Lipinski definition) is 7. The van der Waals surface area contributed by atoms with Crippen LogP contribution in [0.5, 0.6) is 5.75 Å². The average Bonchev–Trinajstić information content (AvgIpc) is 3.38. The highest BCUT2D eigenvalue weighted by atomic mass is 16.5. The number of ether oxygens (including phenoxy) is 2. The van der Waals surface area contributed by atoms with E-state index in [2.05, 4.69) is 25.5 Å². The molecular weight excluding hydrogens is 484 g/mol. The third-order valence-electron chi connectivity index (χ3n) is 6.18. The average molecular weight is 513 g/mol. The van der Waals surface area contributed by atoms with Gasteiger partial charge in [0.1, 0.15) is 24.2 Å². The molecule has 0 saturated carbocycles. The highest BCUT2D eigenvalue weighted by molar-refractivity contribution is 6.02. The Kier molecular flexibility index (Phi) is 7.70. The van der Waals surface area contributed by atoms with Crippen molar-refractivity contribution in [2.24, 2.45) is 0 Å². The second-order valence-corrected chi connectivity index (χ2v) is 8.93. The molecule has 3 heterocycles. The monoisotopic (exact) mass is 512 g/mol. The van der Waals surface area contributed by atoms with Crippen molar-refractivity contribution in [2.75, 3.05) is 25.2 Å². The van der Waals surface area contributed by atoms with Gasteiger partial charge in [-0.05, 0) is 41.8 Å². The summed E-state index contributed by atoms with van der Waals surface area (Å²) in [6.07, 6.45) is 2.92. The number of rotatable bonds is 9. The fourth-order valence-electron chi connectivity index (χ4n) is 4.14. The number of aromatic amines is 1. The third kappa shape index (κ3) is 6.04. The molecule has 0 unspecified atom stereocenters. The van der Waals surface area contributed by atoms with E-state index in [1.165, 1.54) is 4.90 Å². The molecule has 0 saturated heterocycles. The molecule has 0 spiro atoms. The van der Waals surface area contributed by atoms with Gasteiger partial charge in [0.25, 0.3) is 11.8 Å². The van der Waals surface area contributed by atoms with Gasteiger partial charge in [-0.2, -0.15) is 0 Å². The molecule has 0 aliphatic carbocycles. The van der Waals surface area contributed by atoms with Crippen molar-refractivity contribution in [3.8, 4) is 5.75 Å². The number of H-pyrrole nitrogens is 1. The Morgan fingerprint density at radius 3 is 2.79 bits per heavy atom. The summed E-state index contributed by atoms with van der Waals surface area (Å²) in [5.74, 6) is 0.263. The first-order valence-electron chi connectivity index (χ1n) is 12.3. The summed E-state index contributed by atoms with van der Waals surface area (Å²) in [4.78, 5) is 36.1. The number of carbonyl (C=O) groups is 2. The van der Waals surface area contributed by atoms with Gasteiger partial charge in [0.2, 0.25) is 5.82 Å². The number of likely N-dealkylation sites (N-methyl/N-ethyl adjacent to an activating group) is 1. The van der Waals surface area contributed by atoms with E-state index < -0.39 is 11.9 Å². The molecule has 194 valence electrons. The van der Waals surface area contributed by atoms with Gasteiger partial charge in [0.15, 0.2) is 0 Å². The number of pyridine rings is 1. The van der Waals surface area contributed by atoms with Gasteiger partial charge >= 0.3 is 0 Å². The van der Waals surface area contributed by atoms with Gasteiger partial charge in [-0.3, -0.25) is 19.7 Å². The van der Waals surface area contributed by atoms with Crippen molar-refractivity contribution in [1.82, 2.24) is 25.5 Å². The zero-order chi connectivity index (χ0) is 26.3. The molecule has 38 heavy (non-hydrogen) atoms. The highest BCUT2D eigenvalue weighted by Gasteiger charge is 2.31. The summed E-state index contributed by atoms with van der Waals surface area (Å²) in [6, 6.07) is 20.3. The molecule has 1 aliphatic rings. The zero-order valence-corrected chi connectivity index (χ0v) is 21.0. The molecule has 4 aromatic rings. The van der Waals surface area contributed by atoms with Crippen LogP contribution in [-0.4, -0.2) is 58.3 Å². The van der Waals surface area contributed by atoms with Gasteiger partial charge in [-0.25, -0.2) is 4.98 Å². The van der Waals surface area contributed by atoms with Crippen molar-refractivity contribution in [3.63, 3.8) is 0 Å². The molecule has 10 heteroatoms. The SMILES string of the molecule is CN1C(=O)[C@H](NC(=O)c2n[nH]c(Cc3ccccc3)n2)COc2ccc(CCOCc3ccccn3)cc21. The van der Waals surface area contributed by atoms with Crippen LogP contribution in [-0.2, 0) is 29.0 Å². The fraction of sp³-hybridized carbons (Fsp3) is 0.250. The van der Waals surface area contributed by atoms with E-state index in [1.54, 1.807) is 13.2 Å². The number of nitrogens with zero attached hydrogens (tertiary/aromatic N) is 4. The number of carbonyl (C=O) groups excluding carboxylic acids is 2. The Hall–Kier alpha value is -4.57. The molecule has 2 aromatic heterocycles. The van der Waals surface area contributed by atoms with Crippen LogP contribution in [0.15, 0.2) is 72.9 Å². The quantitative estimate of drug-likeness (QED) is 0.331. The van der Waals surface area contributed by atoms with Gasteiger partial charge < -0.3 is 19.7 Å². The first-order valence-corrected chi connectivity index (χ1v) is 12.3. The second kappa shape index (κ2) is 11.7. The van der Waals surface area contributed by atoms with Crippen molar-refractivity contribution in [3.05, 3.63) is 101 Å². The normalized spacial score (nSPS) is 14.9. The summed E-state index contributed by atoms with van der Waals surface area (Å²) >= 11 is 0. The number of anilines is 1. The van der Waals surface area contributed by atoms with Crippen LogP contribution in [0.4, 0.5) is 5.69 Å². The first kappa shape index (κ1) is 25.1. The van der Waals surface area contributed by atoms with Crippen LogP contribution >= 0.6 is 0 Å². The molecule has 2 amide bonds. The maximum atomic E-state index is 13.2. The highest BCUT2D eigenvalue weighted by Crippen LogP contribution is 2.32. The van der Waals surface area contributed by atoms with Crippen molar-refractivity contribution in [2.45, 2.75) is 25.5 Å². The van der Waals surface area contributed by atoms with Crippen molar-refractivity contribution >= 4 is 17.5 Å². The van der Waals surface area contributed by atoms with E-state index in [-0.39, 0.29) is 18.3 Å². The lowest BCUT2D eigenvalue weighted by Crippen LogP contribution is -2.49. The zero-order valence-electron chi connectivity index (χ0n) is 21.0. The standard InChI is InChI=1S/C28H28N6O4/c1-34-23-15-20(12-14-37-17-21-9-5-6-13-29-21)10-11-24(23)38-18-22(28(34)36)30-27(35)26-31-25(32-33-26)16-19-7-3-2-4-8-19/h2-11,13,15,22H,12,14,16-18H2,1H3,(H,30,35)(H,31,32,33)/t22-/m1/s1. The summed E-state index contributed by atoms with van der Waals surface area (Å²) in [5, 5.41) is 9.53. The summed E-state index contributed by atoms with van der Waals surface area (Å²) in [7, 11) is 1.67. The van der Waals surface area contributed by atoms with E-state index in [0.717, 1.165) is 16.8 Å². The van der Waals surface area contributed by atoms with Crippen LogP contribution < -0.4 is 15.0 Å². The molecule has 0 bridgehead atoms. The molecule has 0 radical (unpaired) electrons. The minimum atomic E-state index is -0.888. The summed E-state index contributed by atoms with van der Waals surface area (Å²) < 4.78 is 11.6. The Morgan fingerprint density at radius 2 is 1.97 bits per heavy atom. The van der Waals surface area contributed by atoms with E-state index >= 15 is 0 Å². The van der Waals surface area contributed by atoms with Gasteiger partial charge in [0, 0.05) is 19.7 Å². The number of fused-ring (bicyclic) bond motifs is 1. The van der Waals surface area contributed by atoms with Crippen LogP contribution in [0.1, 0.15) is 33.3 Å². The lowest BCUT2D eigenvalue weighted by Gasteiger charge is -2.20. The van der Waals surface area contributed by atoms with Crippen molar-refractivity contribution in [1.29, 1.82) is 0 Å². The lowest BCUT2D eigenvalue weighted by molar-refractivity contribution is -0.120. The predicted molar refractivity (Wildman–Crippen MR) is 140 cm³/mol. The smallest absolute Gasteiger partial charge is 0.291 e. The number of aromatic nitrogens is 4. The first-order chi connectivity index (χ1) is 18.6. The minimum Gasteiger partial charge on any atom is -0.489 e. The number of amides is 2. The lowest BCUT2D eigenvalue weighted by atomic mass is 10.1. The Labute approximate surface area is 220 Å². The summed E-state index contributed by atoms with van der Waals surface area (Å²) in [6.45, 7) is 0.943. The maximum Gasteiger partial charge on any atom is 0.291 e. The molecule has 1 atom stereocenters. The molecular formula is C28H28N6O4.